The van der Waals surface area contributed by atoms with Crippen molar-refractivity contribution in [2.24, 2.45) is 0 Å². The number of nitrogens with one attached hydrogen (secondary N) is 1. The molecule has 1 N–H and O–H groups in total. The average Bonchev–Trinajstić information content (AvgIpc) is 3.21. The lowest BCUT2D eigenvalue weighted by molar-refractivity contribution is -0.116. The molecule has 1 aromatic carbocycles. The molecule has 7 heteroatoms. The lowest BCUT2D eigenvalue weighted by atomic mass is 10.2. The number of hydrogen-bond donors (Lipinski definition) is 1. The maximum Gasteiger partial charge on any atom is 0.244 e. The molecule has 3 aromatic rings. The van der Waals surface area contributed by atoms with Crippen molar-refractivity contribution in [2.45, 2.75) is 13.5 Å². The Morgan fingerprint density at radius 1 is 1.21 bits per heavy atom. The summed E-state index contributed by atoms with van der Waals surface area (Å²) >= 11 is 1.54. The number of carbonyl (C=O) groups is 1. The van der Waals surface area contributed by atoms with E-state index in [0.717, 1.165) is 21.8 Å². The monoisotopic (exact) mass is 395 g/mol. The van der Waals surface area contributed by atoms with Gasteiger partial charge < -0.3 is 14.8 Å². The number of methoxy groups -OCH3 is 1. The predicted octanol–water partition coefficient (Wildman–Crippen LogP) is 3.94. The standard InChI is InChI=1S/C21H21N3O3S/c1-3-27-18-6-4-15(12-19(18)26-2)5-7-20(25)23-13-17-14-28-21(24-17)16-8-10-22-11-9-16/h4-12,14H,3,13H2,1-2H3,(H,23,25)/b7-5+. The third kappa shape index (κ3) is 5.17. The number of thiazole rings is 1. The Bertz CT molecular complexity index is 955. The van der Waals surface area contributed by atoms with E-state index in [1.54, 1.807) is 25.6 Å². The van der Waals surface area contributed by atoms with Crippen molar-refractivity contribution in [3.8, 4) is 22.1 Å². The lowest BCUT2D eigenvalue weighted by Gasteiger charge is -2.09. The van der Waals surface area contributed by atoms with Crippen LogP contribution in [0, 0.1) is 0 Å². The van der Waals surface area contributed by atoms with Gasteiger partial charge in [-0.3, -0.25) is 9.78 Å². The fourth-order valence-electron chi connectivity index (χ4n) is 2.49. The third-order valence-electron chi connectivity index (χ3n) is 3.84. The fraction of sp³-hybridized carbons (Fsp3) is 0.190. The van der Waals surface area contributed by atoms with Crippen molar-refractivity contribution < 1.29 is 14.3 Å². The van der Waals surface area contributed by atoms with Gasteiger partial charge in [-0.2, -0.15) is 0 Å². The second kappa shape index (κ2) is 9.66. The largest absolute Gasteiger partial charge is 0.493 e. The molecular formula is C21H21N3O3S. The number of rotatable bonds is 8. The highest BCUT2D eigenvalue weighted by atomic mass is 32.1. The summed E-state index contributed by atoms with van der Waals surface area (Å²) < 4.78 is 10.8. The summed E-state index contributed by atoms with van der Waals surface area (Å²) in [5.41, 5.74) is 2.69. The highest BCUT2D eigenvalue weighted by Gasteiger charge is 2.06. The Hall–Kier alpha value is -3.19. The van der Waals surface area contributed by atoms with Crippen molar-refractivity contribution in [1.29, 1.82) is 0 Å². The average molecular weight is 395 g/mol. The Kier molecular flexibility index (Phi) is 6.75. The van der Waals surface area contributed by atoms with Crippen LogP contribution in [0.3, 0.4) is 0 Å². The van der Waals surface area contributed by atoms with Gasteiger partial charge in [0.2, 0.25) is 5.91 Å². The summed E-state index contributed by atoms with van der Waals surface area (Å²) in [5.74, 6) is 1.13. The first-order valence-corrected chi connectivity index (χ1v) is 9.69. The summed E-state index contributed by atoms with van der Waals surface area (Å²) in [6, 6.07) is 9.36. The summed E-state index contributed by atoms with van der Waals surface area (Å²) in [5, 5.41) is 5.69. The van der Waals surface area contributed by atoms with Gasteiger partial charge in [-0.15, -0.1) is 11.3 Å². The molecule has 0 saturated heterocycles. The van der Waals surface area contributed by atoms with E-state index in [-0.39, 0.29) is 5.91 Å². The van der Waals surface area contributed by atoms with E-state index in [4.69, 9.17) is 9.47 Å². The molecule has 0 unspecified atom stereocenters. The normalized spacial score (nSPS) is 10.8. The molecule has 0 aliphatic rings. The molecule has 0 saturated carbocycles. The number of amides is 1. The predicted molar refractivity (Wildman–Crippen MR) is 110 cm³/mol. The lowest BCUT2D eigenvalue weighted by Crippen LogP contribution is -2.20. The van der Waals surface area contributed by atoms with Gasteiger partial charge in [0.1, 0.15) is 5.01 Å². The SMILES string of the molecule is CCOc1ccc(/C=C/C(=O)NCc2csc(-c3ccncc3)n2)cc1OC. The second-order valence-corrected chi connectivity index (χ2v) is 6.63. The first-order chi connectivity index (χ1) is 13.7. The summed E-state index contributed by atoms with van der Waals surface area (Å²) in [4.78, 5) is 20.7. The number of aromatic nitrogens is 2. The van der Waals surface area contributed by atoms with Crippen LogP contribution in [0.1, 0.15) is 18.2 Å². The quantitative estimate of drug-likeness (QED) is 0.585. The number of pyridine rings is 1. The van der Waals surface area contributed by atoms with E-state index < -0.39 is 0 Å². The highest BCUT2D eigenvalue weighted by Crippen LogP contribution is 2.28. The van der Waals surface area contributed by atoms with Crippen molar-refractivity contribution >= 4 is 23.3 Å². The van der Waals surface area contributed by atoms with Gasteiger partial charge in [0, 0.05) is 29.4 Å². The van der Waals surface area contributed by atoms with E-state index in [1.165, 1.54) is 17.4 Å². The van der Waals surface area contributed by atoms with Crippen LogP contribution < -0.4 is 14.8 Å². The number of ether oxygens (including phenoxy) is 2. The van der Waals surface area contributed by atoms with E-state index in [1.807, 2.05) is 42.6 Å². The van der Waals surface area contributed by atoms with Crippen molar-refractivity contribution in [3.63, 3.8) is 0 Å². The minimum Gasteiger partial charge on any atom is -0.493 e. The number of nitrogens with zero attached hydrogens (tertiary/aromatic N) is 2. The Labute approximate surface area is 167 Å². The van der Waals surface area contributed by atoms with Crippen LogP contribution in [0.5, 0.6) is 11.5 Å². The van der Waals surface area contributed by atoms with Crippen molar-refractivity contribution in [3.05, 3.63) is 65.4 Å². The van der Waals surface area contributed by atoms with Gasteiger partial charge in [0.05, 0.1) is 26.0 Å². The molecule has 144 valence electrons. The maximum absolute atomic E-state index is 12.1. The first-order valence-electron chi connectivity index (χ1n) is 8.81. The highest BCUT2D eigenvalue weighted by molar-refractivity contribution is 7.13. The van der Waals surface area contributed by atoms with E-state index in [0.29, 0.717) is 24.7 Å². The zero-order valence-corrected chi connectivity index (χ0v) is 16.5. The van der Waals surface area contributed by atoms with E-state index in [9.17, 15) is 4.79 Å². The second-order valence-electron chi connectivity index (χ2n) is 5.77. The maximum atomic E-state index is 12.1. The van der Waals surface area contributed by atoms with Crippen LogP contribution in [0.2, 0.25) is 0 Å². The molecule has 0 atom stereocenters. The van der Waals surface area contributed by atoms with Gasteiger partial charge in [0.15, 0.2) is 11.5 Å². The summed E-state index contributed by atoms with van der Waals surface area (Å²) in [6.07, 6.45) is 6.69. The summed E-state index contributed by atoms with van der Waals surface area (Å²) in [6.45, 7) is 2.85. The molecule has 0 bridgehead atoms. The van der Waals surface area contributed by atoms with E-state index >= 15 is 0 Å². The van der Waals surface area contributed by atoms with Crippen LogP contribution >= 0.6 is 11.3 Å². The van der Waals surface area contributed by atoms with Gasteiger partial charge in [-0.1, -0.05) is 6.07 Å². The summed E-state index contributed by atoms with van der Waals surface area (Å²) in [7, 11) is 1.59. The molecule has 0 spiro atoms. The van der Waals surface area contributed by atoms with Crippen LogP contribution in [-0.4, -0.2) is 29.6 Å². The molecule has 0 aliphatic carbocycles. The van der Waals surface area contributed by atoms with Crippen LogP contribution in [0.15, 0.2) is 54.2 Å². The molecule has 0 radical (unpaired) electrons. The molecule has 2 heterocycles. The smallest absolute Gasteiger partial charge is 0.244 e. The molecule has 28 heavy (non-hydrogen) atoms. The zero-order chi connectivity index (χ0) is 19.8. The third-order valence-corrected chi connectivity index (χ3v) is 4.78. The Morgan fingerprint density at radius 3 is 2.79 bits per heavy atom. The fourth-order valence-corrected chi connectivity index (χ4v) is 3.31. The van der Waals surface area contributed by atoms with Crippen LogP contribution in [0.25, 0.3) is 16.6 Å². The van der Waals surface area contributed by atoms with Gasteiger partial charge >= 0.3 is 0 Å². The topological polar surface area (TPSA) is 73.3 Å². The molecule has 3 rings (SSSR count). The molecule has 0 fully saturated rings. The van der Waals surface area contributed by atoms with Gasteiger partial charge in [-0.05, 0) is 42.8 Å². The number of hydrogen-bond acceptors (Lipinski definition) is 6. The number of benzene rings is 1. The Morgan fingerprint density at radius 2 is 2.04 bits per heavy atom. The zero-order valence-electron chi connectivity index (χ0n) is 15.7. The van der Waals surface area contributed by atoms with Crippen molar-refractivity contribution in [1.82, 2.24) is 15.3 Å². The van der Waals surface area contributed by atoms with Gasteiger partial charge in [-0.25, -0.2) is 4.98 Å². The van der Waals surface area contributed by atoms with Crippen molar-refractivity contribution in [2.75, 3.05) is 13.7 Å². The minimum absolute atomic E-state index is 0.189. The van der Waals surface area contributed by atoms with E-state index in [2.05, 4.69) is 15.3 Å². The molecule has 1 amide bonds. The van der Waals surface area contributed by atoms with Crippen LogP contribution in [-0.2, 0) is 11.3 Å². The number of carbonyl (C=O) groups excluding carboxylic acids is 1. The molecule has 0 aliphatic heterocycles. The Balaban J connectivity index is 1.56. The molecular weight excluding hydrogens is 374 g/mol. The molecule has 2 aromatic heterocycles. The first kappa shape index (κ1) is 19.6. The van der Waals surface area contributed by atoms with Gasteiger partial charge in [0.25, 0.3) is 0 Å². The molecule has 6 nitrogen and oxygen atoms in total. The van der Waals surface area contributed by atoms with Crippen LogP contribution in [0.4, 0.5) is 0 Å². The minimum atomic E-state index is -0.189.